The van der Waals surface area contributed by atoms with Crippen LogP contribution in [0.1, 0.15) is 47.0 Å². The monoisotopic (exact) mass is 202 g/mol. The zero-order valence-corrected chi connectivity index (χ0v) is 10.2. The van der Waals surface area contributed by atoms with E-state index in [4.69, 9.17) is 4.74 Å². The van der Waals surface area contributed by atoms with Crippen LogP contribution in [0.4, 0.5) is 0 Å². The molecule has 14 heavy (non-hydrogen) atoms. The highest BCUT2D eigenvalue weighted by atomic mass is 16.5. The molecular weight excluding hydrogens is 176 g/mol. The standard InChI is InChI=1S/C12H26O2/c1-5-6-12(4,10-13)7-8-14-9-11(2)3/h11,13H,5-10H2,1-4H3. The van der Waals surface area contributed by atoms with Gasteiger partial charge in [-0.1, -0.05) is 34.1 Å². The molecule has 0 aliphatic carbocycles. The van der Waals surface area contributed by atoms with Gasteiger partial charge in [0, 0.05) is 19.8 Å². The largest absolute Gasteiger partial charge is 0.396 e. The van der Waals surface area contributed by atoms with Crippen molar-refractivity contribution in [2.45, 2.75) is 47.0 Å². The first-order valence-electron chi connectivity index (χ1n) is 5.72. The van der Waals surface area contributed by atoms with Crippen molar-refractivity contribution in [2.24, 2.45) is 11.3 Å². The molecule has 0 fully saturated rings. The van der Waals surface area contributed by atoms with Crippen molar-refractivity contribution in [2.75, 3.05) is 19.8 Å². The molecule has 0 radical (unpaired) electrons. The normalized spacial score (nSPS) is 15.9. The first-order chi connectivity index (χ1) is 6.54. The second-order valence-corrected chi connectivity index (χ2v) is 4.94. The van der Waals surface area contributed by atoms with Gasteiger partial charge in [-0.05, 0) is 24.2 Å². The van der Waals surface area contributed by atoms with Crippen molar-refractivity contribution in [3.05, 3.63) is 0 Å². The number of aliphatic hydroxyl groups is 1. The van der Waals surface area contributed by atoms with E-state index < -0.39 is 0 Å². The summed E-state index contributed by atoms with van der Waals surface area (Å²) in [5, 5.41) is 9.27. The minimum Gasteiger partial charge on any atom is -0.396 e. The van der Waals surface area contributed by atoms with Gasteiger partial charge < -0.3 is 9.84 Å². The van der Waals surface area contributed by atoms with Crippen molar-refractivity contribution >= 4 is 0 Å². The zero-order chi connectivity index (χ0) is 11.0. The molecule has 0 saturated heterocycles. The molecule has 0 rings (SSSR count). The Morgan fingerprint density at radius 3 is 2.36 bits per heavy atom. The van der Waals surface area contributed by atoms with Crippen LogP contribution in [-0.2, 0) is 4.74 Å². The van der Waals surface area contributed by atoms with E-state index in [0.717, 1.165) is 32.5 Å². The third kappa shape index (κ3) is 6.39. The van der Waals surface area contributed by atoms with Crippen molar-refractivity contribution in [3.8, 4) is 0 Å². The Morgan fingerprint density at radius 2 is 1.93 bits per heavy atom. The predicted molar refractivity (Wildman–Crippen MR) is 60.4 cm³/mol. The molecule has 2 nitrogen and oxygen atoms in total. The molecule has 0 aromatic rings. The first kappa shape index (κ1) is 13.9. The van der Waals surface area contributed by atoms with Gasteiger partial charge in [-0.25, -0.2) is 0 Å². The highest BCUT2D eigenvalue weighted by Crippen LogP contribution is 2.26. The Bertz CT molecular complexity index is 134. The van der Waals surface area contributed by atoms with Crippen molar-refractivity contribution in [3.63, 3.8) is 0 Å². The highest BCUT2D eigenvalue weighted by Gasteiger charge is 2.21. The van der Waals surface area contributed by atoms with E-state index in [1.165, 1.54) is 0 Å². The summed E-state index contributed by atoms with van der Waals surface area (Å²) in [5.41, 5.74) is 0.0612. The van der Waals surface area contributed by atoms with Crippen LogP contribution >= 0.6 is 0 Å². The summed E-state index contributed by atoms with van der Waals surface area (Å²) >= 11 is 0. The van der Waals surface area contributed by atoms with Crippen LogP contribution in [0.5, 0.6) is 0 Å². The Hall–Kier alpha value is -0.0800. The molecule has 0 spiro atoms. The summed E-state index contributed by atoms with van der Waals surface area (Å²) in [5.74, 6) is 0.599. The Kier molecular flexibility index (Phi) is 7.20. The fraction of sp³-hybridized carbons (Fsp3) is 1.00. The van der Waals surface area contributed by atoms with E-state index in [-0.39, 0.29) is 12.0 Å². The number of ether oxygens (including phenoxy) is 1. The maximum absolute atomic E-state index is 9.27. The number of hydrogen-bond donors (Lipinski definition) is 1. The third-order valence-corrected chi connectivity index (χ3v) is 2.54. The lowest BCUT2D eigenvalue weighted by molar-refractivity contribution is 0.0513. The van der Waals surface area contributed by atoms with Gasteiger partial charge >= 0.3 is 0 Å². The second kappa shape index (κ2) is 7.24. The fourth-order valence-corrected chi connectivity index (χ4v) is 1.52. The number of hydrogen-bond acceptors (Lipinski definition) is 2. The van der Waals surface area contributed by atoms with Crippen LogP contribution in [0.2, 0.25) is 0 Å². The molecule has 0 aliphatic heterocycles. The minimum absolute atomic E-state index is 0.0612. The second-order valence-electron chi connectivity index (χ2n) is 4.94. The lowest BCUT2D eigenvalue weighted by atomic mass is 9.83. The van der Waals surface area contributed by atoms with Crippen LogP contribution in [0.15, 0.2) is 0 Å². The van der Waals surface area contributed by atoms with Crippen LogP contribution in [-0.4, -0.2) is 24.9 Å². The van der Waals surface area contributed by atoms with E-state index in [1.54, 1.807) is 0 Å². The SMILES string of the molecule is CCCC(C)(CO)CCOCC(C)C. The molecule has 2 heteroatoms. The molecule has 0 aromatic heterocycles. The summed E-state index contributed by atoms with van der Waals surface area (Å²) in [4.78, 5) is 0. The van der Waals surface area contributed by atoms with Crippen molar-refractivity contribution in [1.29, 1.82) is 0 Å². The Morgan fingerprint density at radius 1 is 1.29 bits per heavy atom. The van der Waals surface area contributed by atoms with Crippen molar-refractivity contribution in [1.82, 2.24) is 0 Å². The number of rotatable bonds is 8. The van der Waals surface area contributed by atoms with E-state index in [2.05, 4.69) is 27.7 Å². The van der Waals surface area contributed by atoms with E-state index in [9.17, 15) is 5.11 Å². The third-order valence-electron chi connectivity index (χ3n) is 2.54. The van der Waals surface area contributed by atoms with Crippen LogP contribution < -0.4 is 0 Å². The molecule has 1 unspecified atom stereocenters. The summed E-state index contributed by atoms with van der Waals surface area (Å²) in [6, 6.07) is 0. The highest BCUT2D eigenvalue weighted by molar-refractivity contribution is 4.72. The Labute approximate surface area is 88.7 Å². The van der Waals surface area contributed by atoms with Crippen molar-refractivity contribution < 1.29 is 9.84 Å². The fourth-order valence-electron chi connectivity index (χ4n) is 1.52. The topological polar surface area (TPSA) is 29.5 Å². The van der Waals surface area contributed by atoms with E-state index >= 15 is 0 Å². The maximum atomic E-state index is 9.27. The van der Waals surface area contributed by atoms with Crippen LogP contribution in [0.3, 0.4) is 0 Å². The zero-order valence-electron chi connectivity index (χ0n) is 10.2. The quantitative estimate of drug-likeness (QED) is 0.613. The molecule has 1 N–H and O–H groups in total. The minimum atomic E-state index is 0.0612. The van der Waals surface area contributed by atoms with Gasteiger partial charge in [0.25, 0.3) is 0 Å². The van der Waals surface area contributed by atoms with Crippen LogP contribution in [0, 0.1) is 11.3 Å². The average Bonchev–Trinajstić information content (AvgIpc) is 2.13. The molecular formula is C12H26O2. The van der Waals surface area contributed by atoms with E-state index in [0.29, 0.717) is 5.92 Å². The summed E-state index contributed by atoms with van der Waals surface area (Å²) in [6.07, 6.45) is 3.17. The molecule has 0 heterocycles. The lowest BCUT2D eigenvalue weighted by Crippen LogP contribution is -2.23. The smallest absolute Gasteiger partial charge is 0.0488 e. The summed E-state index contributed by atoms with van der Waals surface area (Å²) < 4.78 is 5.53. The lowest BCUT2D eigenvalue weighted by Gasteiger charge is -2.26. The van der Waals surface area contributed by atoms with Gasteiger partial charge in [-0.2, -0.15) is 0 Å². The van der Waals surface area contributed by atoms with E-state index in [1.807, 2.05) is 0 Å². The van der Waals surface area contributed by atoms with Crippen LogP contribution in [0.25, 0.3) is 0 Å². The summed E-state index contributed by atoms with van der Waals surface area (Å²) in [7, 11) is 0. The molecule has 0 aliphatic rings. The van der Waals surface area contributed by atoms with Gasteiger partial charge in [-0.15, -0.1) is 0 Å². The molecule has 0 bridgehead atoms. The average molecular weight is 202 g/mol. The molecule has 1 atom stereocenters. The van der Waals surface area contributed by atoms with Gasteiger partial charge in [0.2, 0.25) is 0 Å². The molecule has 86 valence electrons. The summed E-state index contributed by atoms with van der Waals surface area (Å²) in [6.45, 7) is 10.5. The molecule has 0 aromatic carbocycles. The molecule has 0 amide bonds. The first-order valence-corrected chi connectivity index (χ1v) is 5.72. The van der Waals surface area contributed by atoms with Gasteiger partial charge in [0.15, 0.2) is 0 Å². The molecule has 0 saturated carbocycles. The Balaban J connectivity index is 3.61. The number of aliphatic hydroxyl groups excluding tert-OH is 1. The maximum Gasteiger partial charge on any atom is 0.0488 e. The van der Waals surface area contributed by atoms with Gasteiger partial charge in [-0.3, -0.25) is 0 Å². The predicted octanol–water partition coefficient (Wildman–Crippen LogP) is 2.85. The van der Waals surface area contributed by atoms with Gasteiger partial charge in [0.1, 0.15) is 0 Å². The van der Waals surface area contributed by atoms with Gasteiger partial charge in [0.05, 0.1) is 0 Å².